The van der Waals surface area contributed by atoms with Gasteiger partial charge in [0.2, 0.25) is 11.8 Å². The van der Waals surface area contributed by atoms with E-state index in [1.54, 1.807) is 0 Å². The average Bonchev–Trinajstić information content (AvgIpc) is 2.79. The van der Waals surface area contributed by atoms with E-state index in [0.29, 0.717) is 12.8 Å². The summed E-state index contributed by atoms with van der Waals surface area (Å²) in [6.07, 6.45) is 1.42. The third-order valence-electron chi connectivity index (χ3n) is 5.35. The van der Waals surface area contributed by atoms with Crippen LogP contribution in [0, 0.1) is 11.8 Å². The van der Waals surface area contributed by atoms with Gasteiger partial charge in [-0.2, -0.15) is 0 Å². The molecule has 2 amide bonds. The highest BCUT2D eigenvalue weighted by Crippen LogP contribution is 2.43. The fraction of sp³-hybridized carbons (Fsp3) is 0.300. The van der Waals surface area contributed by atoms with Crippen molar-refractivity contribution in [1.82, 2.24) is 0 Å². The molecule has 2 aliphatic rings. The van der Waals surface area contributed by atoms with Crippen LogP contribution in [-0.4, -0.2) is 11.8 Å². The van der Waals surface area contributed by atoms with Crippen LogP contribution in [0.1, 0.15) is 26.7 Å². The third kappa shape index (κ3) is 2.03. The summed E-state index contributed by atoms with van der Waals surface area (Å²) in [5, 5.41) is 2.00. The van der Waals surface area contributed by atoms with Crippen LogP contribution < -0.4 is 4.90 Å². The number of benzene rings is 2. The van der Waals surface area contributed by atoms with Gasteiger partial charge in [-0.05, 0) is 38.1 Å². The Labute approximate surface area is 135 Å². The van der Waals surface area contributed by atoms with E-state index in [4.69, 9.17) is 0 Å². The molecular formula is C20H19NO2. The lowest BCUT2D eigenvalue weighted by Crippen LogP contribution is -2.31. The van der Waals surface area contributed by atoms with Crippen LogP contribution >= 0.6 is 0 Å². The molecule has 2 aromatic rings. The Morgan fingerprint density at radius 1 is 0.826 bits per heavy atom. The minimum atomic E-state index is -0.190. The quantitative estimate of drug-likeness (QED) is 0.588. The zero-order valence-electron chi connectivity index (χ0n) is 13.4. The van der Waals surface area contributed by atoms with E-state index < -0.39 is 0 Å². The fourth-order valence-corrected chi connectivity index (χ4v) is 3.89. The molecule has 0 bridgehead atoms. The van der Waals surface area contributed by atoms with Gasteiger partial charge in [0, 0.05) is 5.39 Å². The summed E-state index contributed by atoms with van der Waals surface area (Å²) >= 11 is 0. The molecule has 3 heteroatoms. The molecule has 116 valence electrons. The molecule has 4 rings (SSSR count). The van der Waals surface area contributed by atoms with Gasteiger partial charge >= 0.3 is 0 Å². The molecule has 1 heterocycles. The Morgan fingerprint density at radius 3 is 2.04 bits per heavy atom. The molecule has 1 aliphatic carbocycles. The molecule has 0 aromatic heterocycles. The van der Waals surface area contributed by atoms with Crippen LogP contribution in [0.15, 0.2) is 53.6 Å². The van der Waals surface area contributed by atoms with E-state index in [-0.39, 0.29) is 23.7 Å². The second-order valence-corrected chi connectivity index (χ2v) is 6.69. The normalized spacial score (nSPS) is 24.5. The number of nitrogens with zero attached hydrogens (tertiary/aromatic N) is 1. The van der Waals surface area contributed by atoms with Gasteiger partial charge in [-0.1, -0.05) is 47.5 Å². The van der Waals surface area contributed by atoms with Crippen LogP contribution in [0.4, 0.5) is 5.69 Å². The lowest BCUT2D eigenvalue weighted by Gasteiger charge is -2.23. The summed E-state index contributed by atoms with van der Waals surface area (Å²) in [5.74, 6) is -0.457. The van der Waals surface area contributed by atoms with E-state index >= 15 is 0 Å². The van der Waals surface area contributed by atoms with E-state index in [0.717, 1.165) is 16.5 Å². The predicted molar refractivity (Wildman–Crippen MR) is 91.0 cm³/mol. The van der Waals surface area contributed by atoms with Crippen molar-refractivity contribution in [3.8, 4) is 0 Å². The van der Waals surface area contributed by atoms with Crippen molar-refractivity contribution in [1.29, 1.82) is 0 Å². The minimum Gasteiger partial charge on any atom is -0.274 e. The van der Waals surface area contributed by atoms with Crippen molar-refractivity contribution < 1.29 is 9.59 Å². The first-order valence-electron chi connectivity index (χ1n) is 8.08. The number of imide groups is 1. The van der Waals surface area contributed by atoms with Crippen molar-refractivity contribution in [2.24, 2.45) is 11.8 Å². The first kappa shape index (κ1) is 14.2. The van der Waals surface area contributed by atoms with E-state index in [1.165, 1.54) is 16.0 Å². The van der Waals surface area contributed by atoms with Crippen molar-refractivity contribution >= 4 is 28.3 Å². The Balaban J connectivity index is 1.82. The SMILES string of the molecule is CC1=C(C)C[C@H]2C(=O)N(c3cccc4ccccc34)C(=O)[C@H]2C1. The Kier molecular flexibility index (Phi) is 3.12. The second-order valence-electron chi connectivity index (χ2n) is 6.69. The van der Waals surface area contributed by atoms with Crippen LogP contribution in [-0.2, 0) is 9.59 Å². The molecule has 2 atom stereocenters. The van der Waals surface area contributed by atoms with Crippen LogP contribution in [0.2, 0.25) is 0 Å². The number of allylic oxidation sites excluding steroid dienone is 2. The van der Waals surface area contributed by atoms with Crippen LogP contribution in [0.3, 0.4) is 0 Å². The zero-order chi connectivity index (χ0) is 16.1. The number of carbonyl (C=O) groups excluding carboxylic acids is 2. The Hall–Kier alpha value is -2.42. The summed E-state index contributed by atoms with van der Waals surface area (Å²) in [4.78, 5) is 27.3. The largest absolute Gasteiger partial charge is 0.274 e. The highest BCUT2D eigenvalue weighted by Gasteiger charge is 2.49. The number of anilines is 1. The van der Waals surface area contributed by atoms with Gasteiger partial charge in [0.1, 0.15) is 0 Å². The van der Waals surface area contributed by atoms with Crippen molar-refractivity contribution in [3.05, 3.63) is 53.6 Å². The predicted octanol–water partition coefficient (Wildman–Crippen LogP) is 4.08. The van der Waals surface area contributed by atoms with Gasteiger partial charge in [0.15, 0.2) is 0 Å². The summed E-state index contributed by atoms with van der Waals surface area (Å²) in [6.45, 7) is 4.15. The molecule has 3 nitrogen and oxygen atoms in total. The van der Waals surface area contributed by atoms with Crippen LogP contribution in [0.5, 0.6) is 0 Å². The highest BCUT2D eigenvalue weighted by atomic mass is 16.2. The first-order valence-corrected chi connectivity index (χ1v) is 8.08. The maximum atomic E-state index is 12.9. The van der Waals surface area contributed by atoms with Crippen LogP contribution in [0.25, 0.3) is 10.8 Å². The number of hydrogen-bond acceptors (Lipinski definition) is 2. The topological polar surface area (TPSA) is 37.4 Å². The molecule has 1 saturated heterocycles. The Bertz CT molecular complexity index is 828. The molecule has 0 unspecified atom stereocenters. The molecule has 0 radical (unpaired) electrons. The molecule has 0 N–H and O–H groups in total. The Morgan fingerprint density at radius 2 is 1.39 bits per heavy atom. The molecular weight excluding hydrogens is 286 g/mol. The number of carbonyl (C=O) groups is 2. The summed E-state index contributed by atoms with van der Waals surface area (Å²) in [6, 6.07) is 13.7. The fourth-order valence-electron chi connectivity index (χ4n) is 3.89. The number of rotatable bonds is 1. The monoisotopic (exact) mass is 305 g/mol. The summed E-state index contributed by atoms with van der Waals surface area (Å²) in [7, 11) is 0. The van der Waals surface area contributed by atoms with E-state index in [1.807, 2.05) is 42.5 Å². The van der Waals surface area contributed by atoms with Gasteiger partial charge in [-0.15, -0.1) is 0 Å². The minimum absolute atomic E-state index is 0.0387. The summed E-state index contributed by atoms with van der Waals surface area (Å²) < 4.78 is 0. The number of fused-ring (bicyclic) bond motifs is 2. The van der Waals surface area contributed by atoms with Gasteiger partial charge in [0.05, 0.1) is 17.5 Å². The lowest BCUT2D eigenvalue weighted by molar-refractivity contribution is -0.122. The van der Waals surface area contributed by atoms with E-state index in [2.05, 4.69) is 13.8 Å². The maximum absolute atomic E-state index is 12.9. The molecule has 0 saturated carbocycles. The van der Waals surface area contributed by atoms with E-state index in [9.17, 15) is 9.59 Å². The molecule has 0 spiro atoms. The first-order chi connectivity index (χ1) is 11.1. The van der Waals surface area contributed by atoms with Gasteiger partial charge in [-0.3, -0.25) is 9.59 Å². The average molecular weight is 305 g/mol. The van der Waals surface area contributed by atoms with Gasteiger partial charge in [0.25, 0.3) is 0 Å². The molecule has 23 heavy (non-hydrogen) atoms. The summed E-state index contributed by atoms with van der Waals surface area (Å²) in [5.41, 5.74) is 3.24. The zero-order valence-corrected chi connectivity index (χ0v) is 13.4. The molecule has 1 aliphatic heterocycles. The molecule has 2 aromatic carbocycles. The smallest absolute Gasteiger partial charge is 0.238 e. The van der Waals surface area contributed by atoms with Gasteiger partial charge in [-0.25, -0.2) is 4.90 Å². The number of hydrogen-bond donors (Lipinski definition) is 0. The standard InChI is InChI=1S/C20H19NO2/c1-12-10-16-17(11-13(12)2)20(23)21(19(16)22)18-9-5-7-14-6-3-4-8-15(14)18/h3-9,16-17H,10-11H2,1-2H3/t16-,17+. The second kappa shape index (κ2) is 5.05. The van der Waals surface area contributed by atoms with Gasteiger partial charge < -0.3 is 0 Å². The number of amides is 2. The highest BCUT2D eigenvalue weighted by molar-refractivity contribution is 6.25. The van der Waals surface area contributed by atoms with Crippen molar-refractivity contribution in [2.75, 3.05) is 4.90 Å². The van der Waals surface area contributed by atoms with Crippen molar-refractivity contribution in [2.45, 2.75) is 26.7 Å². The lowest BCUT2D eigenvalue weighted by atomic mass is 9.78. The molecule has 1 fully saturated rings. The van der Waals surface area contributed by atoms with Crippen molar-refractivity contribution in [3.63, 3.8) is 0 Å². The third-order valence-corrected chi connectivity index (χ3v) is 5.35. The maximum Gasteiger partial charge on any atom is 0.238 e.